The zero-order valence-corrected chi connectivity index (χ0v) is 12.8. The Labute approximate surface area is 127 Å². The Morgan fingerprint density at radius 1 is 1.10 bits per heavy atom. The average molecular weight is 311 g/mol. The van der Waals surface area contributed by atoms with Crippen LogP contribution in [0.15, 0.2) is 18.2 Å². The SMILES string of the molecule is CC1(C)C(c2cc(Cl)cc(Cl)c2)[C@H]1c1[nH]nc(N)c1N. The first-order chi connectivity index (χ1) is 9.32. The van der Waals surface area contributed by atoms with Gasteiger partial charge in [0.15, 0.2) is 5.82 Å². The topological polar surface area (TPSA) is 80.7 Å². The lowest BCUT2D eigenvalue weighted by molar-refractivity contribution is 0.597. The Kier molecular flexibility index (Phi) is 2.92. The second-order valence-electron chi connectivity index (χ2n) is 5.92. The predicted molar refractivity (Wildman–Crippen MR) is 83.1 cm³/mol. The molecule has 0 spiro atoms. The summed E-state index contributed by atoms with van der Waals surface area (Å²) in [5.41, 5.74) is 14.3. The van der Waals surface area contributed by atoms with Crippen LogP contribution in [0.5, 0.6) is 0 Å². The van der Waals surface area contributed by atoms with Crippen LogP contribution >= 0.6 is 23.2 Å². The minimum Gasteiger partial charge on any atom is -0.394 e. The summed E-state index contributed by atoms with van der Waals surface area (Å²) in [6.07, 6.45) is 0. The molecule has 6 heteroatoms. The summed E-state index contributed by atoms with van der Waals surface area (Å²) in [6.45, 7) is 4.38. The van der Waals surface area contributed by atoms with Gasteiger partial charge in [0.25, 0.3) is 0 Å². The van der Waals surface area contributed by atoms with Crippen LogP contribution in [0.4, 0.5) is 11.5 Å². The maximum atomic E-state index is 6.09. The quantitative estimate of drug-likeness (QED) is 0.789. The van der Waals surface area contributed by atoms with Crippen molar-refractivity contribution < 1.29 is 0 Å². The van der Waals surface area contributed by atoms with E-state index in [-0.39, 0.29) is 11.3 Å². The highest BCUT2D eigenvalue weighted by atomic mass is 35.5. The maximum Gasteiger partial charge on any atom is 0.168 e. The number of nitrogens with zero attached hydrogens (tertiary/aromatic N) is 1. The van der Waals surface area contributed by atoms with Crippen molar-refractivity contribution in [2.75, 3.05) is 11.5 Å². The van der Waals surface area contributed by atoms with Crippen LogP contribution in [0.1, 0.15) is 36.9 Å². The van der Waals surface area contributed by atoms with Crippen LogP contribution in [0.25, 0.3) is 0 Å². The Morgan fingerprint density at radius 2 is 1.70 bits per heavy atom. The molecule has 1 saturated carbocycles. The first-order valence-electron chi connectivity index (χ1n) is 6.37. The van der Waals surface area contributed by atoms with Gasteiger partial charge in [0.05, 0.1) is 11.4 Å². The average Bonchev–Trinajstić information content (AvgIpc) is 2.75. The molecule has 3 rings (SSSR count). The van der Waals surface area contributed by atoms with E-state index in [1.54, 1.807) is 6.07 Å². The molecule has 0 bridgehead atoms. The van der Waals surface area contributed by atoms with Crippen LogP contribution in [0.2, 0.25) is 10.0 Å². The molecule has 106 valence electrons. The van der Waals surface area contributed by atoms with Gasteiger partial charge in [-0.05, 0) is 35.1 Å². The summed E-state index contributed by atoms with van der Waals surface area (Å²) < 4.78 is 0. The first-order valence-corrected chi connectivity index (χ1v) is 7.13. The first kappa shape index (κ1) is 13.6. The van der Waals surface area contributed by atoms with E-state index in [1.807, 2.05) is 12.1 Å². The number of hydrogen-bond donors (Lipinski definition) is 3. The lowest BCUT2D eigenvalue weighted by Gasteiger charge is -2.04. The van der Waals surface area contributed by atoms with Gasteiger partial charge in [0, 0.05) is 16.0 Å². The number of H-pyrrole nitrogens is 1. The highest BCUT2D eigenvalue weighted by molar-refractivity contribution is 6.34. The monoisotopic (exact) mass is 310 g/mol. The number of halogens is 2. The molecule has 0 aliphatic heterocycles. The molecule has 1 aliphatic rings. The fraction of sp³-hybridized carbons (Fsp3) is 0.357. The highest BCUT2D eigenvalue weighted by Gasteiger charge is 2.60. The number of anilines is 2. The normalized spacial score (nSPS) is 23.8. The number of nitrogens with one attached hydrogen (secondary N) is 1. The minimum atomic E-state index is 0.0567. The van der Waals surface area contributed by atoms with Crippen LogP contribution < -0.4 is 11.5 Å². The van der Waals surface area contributed by atoms with E-state index in [9.17, 15) is 0 Å². The van der Waals surface area contributed by atoms with Crippen molar-refractivity contribution >= 4 is 34.7 Å². The third kappa shape index (κ3) is 1.95. The number of benzene rings is 1. The van der Waals surface area contributed by atoms with Gasteiger partial charge in [0.2, 0.25) is 0 Å². The van der Waals surface area contributed by atoms with Crippen molar-refractivity contribution in [3.63, 3.8) is 0 Å². The molecule has 1 heterocycles. The third-order valence-electron chi connectivity index (χ3n) is 4.25. The molecule has 20 heavy (non-hydrogen) atoms. The largest absolute Gasteiger partial charge is 0.394 e. The van der Waals surface area contributed by atoms with Crippen molar-refractivity contribution in [3.05, 3.63) is 39.5 Å². The van der Waals surface area contributed by atoms with Gasteiger partial charge in [-0.1, -0.05) is 37.0 Å². The molecule has 2 aromatic rings. The molecule has 1 aromatic carbocycles. The van der Waals surface area contributed by atoms with E-state index in [1.165, 1.54) is 0 Å². The van der Waals surface area contributed by atoms with Gasteiger partial charge in [-0.15, -0.1) is 0 Å². The summed E-state index contributed by atoms with van der Waals surface area (Å²) in [4.78, 5) is 0. The van der Waals surface area contributed by atoms with E-state index in [0.29, 0.717) is 27.5 Å². The fourth-order valence-electron chi connectivity index (χ4n) is 3.17. The highest BCUT2D eigenvalue weighted by Crippen LogP contribution is 2.70. The third-order valence-corrected chi connectivity index (χ3v) is 4.68. The Morgan fingerprint density at radius 3 is 2.20 bits per heavy atom. The Bertz CT molecular complexity index is 658. The van der Waals surface area contributed by atoms with Crippen LogP contribution in [-0.2, 0) is 0 Å². The standard InChI is InChI=1S/C14H16Cl2N4/c1-14(2)9(6-3-7(15)5-8(16)4-6)10(14)12-11(17)13(18)20-19-12/h3-5,9-10H,17H2,1-2H3,(H3,18,19,20)/t9?,10-/m0/s1. The van der Waals surface area contributed by atoms with Crippen molar-refractivity contribution in [2.24, 2.45) is 5.41 Å². The lowest BCUT2D eigenvalue weighted by atomic mass is 10.0. The minimum absolute atomic E-state index is 0.0567. The molecule has 1 unspecified atom stereocenters. The molecule has 1 aliphatic carbocycles. The number of rotatable bonds is 2. The molecule has 4 nitrogen and oxygen atoms in total. The van der Waals surface area contributed by atoms with Gasteiger partial charge in [0.1, 0.15) is 0 Å². The molecule has 2 atom stereocenters. The van der Waals surface area contributed by atoms with Crippen molar-refractivity contribution in [3.8, 4) is 0 Å². The van der Waals surface area contributed by atoms with Crippen molar-refractivity contribution in [1.29, 1.82) is 0 Å². The number of nitrogens with two attached hydrogens (primary N) is 2. The van der Waals surface area contributed by atoms with Gasteiger partial charge in [-0.25, -0.2) is 0 Å². The fourth-order valence-corrected chi connectivity index (χ4v) is 3.71. The second-order valence-corrected chi connectivity index (χ2v) is 6.79. The van der Waals surface area contributed by atoms with E-state index in [2.05, 4.69) is 24.0 Å². The number of hydrogen-bond acceptors (Lipinski definition) is 3. The van der Waals surface area contributed by atoms with Crippen LogP contribution in [0, 0.1) is 5.41 Å². The second kappa shape index (κ2) is 4.30. The Hall–Kier alpha value is -1.39. The molecule has 1 aromatic heterocycles. The summed E-state index contributed by atoms with van der Waals surface area (Å²) in [5.74, 6) is 0.883. The van der Waals surface area contributed by atoms with Gasteiger partial charge >= 0.3 is 0 Å². The molecular weight excluding hydrogens is 295 g/mol. The number of aromatic nitrogens is 2. The van der Waals surface area contributed by atoms with Gasteiger partial charge < -0.3 is 11.5 Å². The molecule has 0 radical (unpaired) electrons. The predicted octanol–water partition coefficient (Wildman–Crippen LogP) is 3.79. The molecule has 1 fully saturated rings. The summed E-state index contributed by atoms with van der Waals surface area (Å²) >= 11 is 12.2. The Balaban J connectivity index is 2.01. The molecule has 5 N–H and O–H groups in total. The molecule has 0 amide bonds. The maximum absolute atomic E-state index is 6.09. The summed E-state index contributed by atoms with van der Waals surface area (Å²) in [7, 11) is 0. The number of nitrogen functional groups attached to an aromatic ring is 2. The van der Waals surface area contributed by atoms with E-state index >= 15 is 0 Å². The van der Waals surface area contributed by atoms with Crippen LogP contribution in [-0.4, -0.2) is 10.2 Å². The van der Waals surface area contributed by atoms with E-state index in [0.717, 1.165) is 11.3 Å². The van der Waals surface area contributed by atoms with Gasteiger partial charge in [-0.2, -0.15) is 5.10 Å². The molecule has 0 saturated heterocycles. The lowest BCUT2D eigenvalue weighted by Crippen LogP contribution is -1.96. The van der Waals surface area contributed by atoms with E-state index < -0.39 is 0 Å². The zero-order valence-electron chi connectivity index (χ0n) is 11.2. The van der Waals surface area contributed by atoms with Crippen molar-refractivity contribution in [2.45, 2.75) is 25.7 Å². The number of aromatic amines is 1. The van der Waals surface area contributed by atoms with Crippen molar-refractivity contribution in [1.82, 2.24) is 10.2 Å². The zero-order chi connectivity index (χ0) is 14.7. The molecular formula is C14H16Cl2N4. The van der Waals surface area contributed by atoms with Gasteiger partial charge in [-0.3, -0.25) is 5.10 Å². The van der Waals surface area contributed by atoms with E-state index in [4.69, 9.17) is 34.7 Å². The summed E-state index contributed by atoms with van der Waals surface area (Å²) in [6, 6.07) is 5.64. The summed E-state index contributed by atoms with van der Waals surface area (Å²) in [5, 5.41) is 8.23. The van der Waals surface area contributed by atoms with Crippen LogP contribution in [0.3, 0.4) is 0 Å². The smallest absolute Gasteiger partial charge is 0.168 e.